The third-order valence-electron chi connectivity index (χ3n) is 4.69. The van der Waals surface area contributed by atoms with Crippen molar-refractivity contribution in [2.45, 2.75) is 45.5 Å². The van der Waals surface area contributed by atoms with Crippen molar-refractivity contribution < 1.29 is 9.59 Å². The Morgan fingerprint density at radius 3 is 2.47 bits per heavy atom. The van der Waals surface area contributed by atoms with E-state index in [9.17, 15) is 9.59 Å². The normalized spacial score (nSPS) is 11.8. The number of thioether (sulfide) groups is 1. The summed E-state index contributed by atoms with van der Waals surface area (Å²) in [5, 5.41) is 4.06. The molecular formula is C23H28Cl2N2O2S. The van der Waals surface area contributed by atoms with Crippen LogP contribution in [0, 0.1) is 6.92 Å². The Bertz CT molecular complexity index is 859. The zero-order chi connectivity index (χ0) is 22.1. The van der Waals surface area contributed by atoms with Gasteiger partial charge in [-0.1, -0.05) is 66.0 Å². The first-order valence-electron chi connectivity index (χ1n) is 9.96. The molecule has 0 aliphatic rings. The van der Waals surface area contributed by atoms with Gasteiger partial charge < -0.3 is 10.2 Å². The molecule has 162 valence electrons. The summed E-state index contributed by atoms with van der Waals surface area (Å²) in [6.45, 7) is 6.78. The summed E-state index contributed by atoms with van der Waals surface area (Å²) in [7, 11) is 0. The van der Waals surface area contributed by atoms with Crippen molar-refractivity contribution in [3.8, 4) is 0 Å². The fourth-order valence-corrected chi connectivity index (χ4v) is 4.31. The summed E-state index contributed by atoms with van der Waals surface area (Å²) < 4.78 is 0. The molecular weight excluding hydrogens is 439 g/mol. The second-order valence-corrected chi connectivity index (χ2v) is 9.03. The van der Waals surface area contributed by atoms with Gasteiger partial charge in [0.25, 0.3) is 0 Å². The zero-order valence-corrected chi connectivity index (χ0v) is 19.9. The largest absolute Gasteiger partial charge is 0.354 e. The number of carbonyl (C=O) groups is 2. The molecule has 0 spiro atoms. The predicted molar refractivity (Wildman–Crippen MR) is 127 cm³/mol. The van der Waals surface area contributed by atoms with Crippen LogP contribution in [-0.4, -0.2) is 35.1 Å². The number of carbonyl (C=O) groups excluding carboxylic acids is 2. The number of nitrogens with zero attached hydrogens (tertiary/aromatic N) is 1. The van der Waals surface area contributed by atoms with Gasteiger partial charge in [-0.2, -0.15) is 0 Å². The van der Waals surface area contributed by atoms with E-state index >= 15 is 0 Å². The van der Waals surface area contributed by atoms with Crippen LogP contribution in [0.3, 0.4) is 0 Å². The molecule has 0 fully saturated rings. The van der Waals surface area contributed by atoms with Crippen molar-refractivity contribution in [1.29, 1.82) is 0 Å². The molecule has 0 radical (unpaired) electrons. The van der Waals surface area contributed by atoms with E-state index in [2.05, 4.69) is 5.32 Å². The fourth-order valence-electron chi connectivity index (χ4n) is 2.84. The molecule has 0 aromatic heterocycles. The van der Waals surface area contributed by atoms with E-state index in [1.807, 2.05) is 44.2 Å². The highest BCUT2D eigenvalue weighted by Gasteiger charge is 2.25. The van der Waals surface area contributed by atoms with E-state index in [1.165, 1.54) is 11.8 Å². The second-order valence-electron chi connectivity index (χ2n) is 7.20. The van der Waals surface area contributed by atoms with Crippen LogP contribution < -0.4 is 5.32 Å². The molecule has 1 atom stereocenters. The van der Waals surface area contributed by atoms with Crippen LogP contribution in [-0.2, 0) is 21.9 Å². The molecule has 0 saturated heterocycles. The van der Waals surface area contributed by atoms with Gasteiger partial charge >= 0.3 is 0 Å². The predicted octanol–water partition coefficient (Wildman–Crippen LogP) is 5.48. The first-order chi connectivity index (χ1) is 14.3. The van der Waals surface area contributed by atoms with Crippen LogP contribution in [0.1, 0.15) is 37.0 Å². The highest BCUT2D eigenvalue weighted by atomic mass is 35.5. The van der Waals surface area contributed by atoms with Crippen LogP contribution >= 0.6 is 35.0 Å². The van der Waals surface area contributed by atoms with Crippen molar-refractivity contribution in [2.24, 2.45) is 0 Å². The molecule has 2 aromatic carbocycles. The van der Waals surface area contributed by atoms with Gasteiger partial charge in [0.15, 0.2) is 0 Å². The fraction of sp³-hybridized carbons (Fsp3) is 0.391. The van der Waals surface area contributed by atoms with Gasteiger partial charge in [-0.25, -0.2) is 0 Å². The molecule has 1 N–H and O–H groups in total. The first-order valence-corrected chi connectivity index (χ1v) is 11.9. The Morgan fingerprint density at radius 2 is 1.83 bits per heavy atom. The van der Waals surface area contributed by atoms with E-state index in [0.29, 0.717) is 28.9 Å². The maximum absolute atomic E-state index is 13.0. The third-order valence-corrected chi connectivity index (χ3v) is 6.24. The van der Waals surface area contributed by atoms with Gasteiger partial charge in [0.1, 0.15) is 6.04 Å². The van der Waals surface area contributed by atoms with Crippen LogP contribution in [0.5, 0.6) is 0 Å². The van der Waals surface area contributed by atoms with Gasteiger partial charge in [0.2, 0.25) is 11.8 Å². The van der Waals surface area contributed by atoms with Gasteiger partial charge in [-0.3, -0.25) is 9.59 Å². The molecule has 0 heterocycles. The maximum Gasteiger partial charge on any atom is 0.242 e. The molecule has 0 aliphatic carbocycles. The van der Waals surface area contributed by atoms with Gasteiger partial charge in [0.05, 0.1) is 5.75 Å². The summed E-state index contributed by atoms with van der Waals surface area (Å²) in [5.74, 6) is 0.639. The summed E-state index contributed by atoms with van der Waals surface area (Å²) >= 11 is 13.6. The quantitative estimate of drug-likeness (QED) is 0.504. The van der Waals surface area contributed by atoms with Crippen LogP contribution in [0.25, 0.3) is 0 Å². The number of amides is 2. The molecule has 2 amide bonds. The molecule has 0 bridgehead atoms. The number of rotatable bonds is 10. The van der Waals surface area contributed by atoms with Crippen LogP contribution in [0.2, 0.25) is 10.0 Å². The number of halogens is 2. The average Bonchev–Trinajstić information content (AvgIpc) is 2.72. The van der Waals surface area contributed by atoms with Gasteiger partial charge in [0, 0.05) is 28.9 Å². The summed E-state index contributed by atoms with van der Waals surface area (Å²) in [4.78, 5) is 27.2. The van der Waals surface area contributed by atoms with Crippen molar-refractivity contribution in [3.05, 3.63) is 69.2 Å². The minimum Gasteiger partial charge on any atom is -0.354 e. The lowest BCUT2D eigenvalue weighted by atomic mass is 10.1. The Kier molecular flexibility index (Phi) is 10.0. The first kappa shape index (κ1) is 24.6. The topological polar surface area (TPSA) is 49.4 Å². The molecule has 0 aliphatic heterocycles. The summed E-state index contributed by atoms with van der Waals surface area (Å²) in [6.07, 6.45) is 0.849. The number of hydrogen-bond donors (Lipinski definition) is 1. The highest BCUT2D eigenvalue weighted by Crippen LogP contribution is 2.25. The smallest absolute Gasteiger partial charge is 0.242 e. The Balaban J connectivity index is 2.06. The molecule has 2 aromatic rings. The van der Waals surface area contributed by atoms with Crippen molar-refractivity contribution in [1.82, 2.24) is 10.2 Å². The Hall–Kier alpha value is -1.69. The molecule has 0 unspecified atom stereocenters. The Labute approximate surface area is 193 Å². The molecule has 4 nitrogen and oxygen atoms in total. The average molecular weight is 467 g/mol. The van der Waals surface area contributed by atoms with E-state index < -0.39 is 6.04 Å². The lowest BCUT2D eigenvalue weighted by Gasteiger charge is -2.29. The Morgan fingerprint density at radius 1 is 1.13 bits per heavy atom. The van der Waals surface area contributed by atoms with Crippen LogP contribution in [0.4, 0.5) is 0 Å². The van der Waals surface area contributed by atoms with E-state index in [-0.39, 0.29) is 17.6 Å². The minimum absolute atomic E-state index is 0.0789. The number of nitrogens with one attached hydrogen (secondary N) is 1. The lowest BCUT2D eigenvalue weighted by molar-refractivity contribution is -0.138. The van der Waals surface area contributed by atoms with Crippen molar-refractivity contribution in [2.75, 3.05) is 12.3 Å². The highest BCUT2D eigenvalue weighted by molar-refractivity contribution is 7.99. The number of benzene rings is 2. The van der Waals surface area contributed by atoms with Gasteiger partial charge in [-0.05, 0) is 43.5 Å². The van der Waals surface area contributed by atoms with Gasteiger partial charge in [-0.15, -0.1) is 11.8 Å². The van der Waals surface area contributed by atoms with E-state index in [1.54, 1.807) is 24.0 Å². The maximum atomic E-state index is 13.0. The standard InChI is InChI=1S/C23H28Cl2N2O2S/c1-4-11-26-23(29)17(3)27(13-18-7-5-16(2)6-8-18)22(28)15-30-14-19-9-10-20(24)12-21(19)25/h5-10,12,17H,4,11,13-15H2,1-3H3,(H,26,29)/t17-/m0/s1. The molecule has 30 heavy (non-hydrogen) atoms. The molecule has 0 saturated carbocycles. The molecule has 7 heteroatoms. The molecule has 2 rings (SSSR count). The lowest BCUT2D eigenvalue weighted by Crippen LogP contribution is -2.48. The SMILES string of the molecule is CCCNC(=O)[C@H](C)N(Cc1ccc(C)cc1)C(=O)CSCc1ccc(Cl)cc1Cl. The van der Waals surface area contributed by atoms with E-state index in [0.717, 1.165) is 23.1 Å². The third kappa shape index (κ3) is 7.53. The van der Waals surface area contributed by atoms with E-state index in [4.69, 9.17) is 23.2 Å². The van der Waals surface area contributed by atoms with Crippen molar-refractivity contribution >= 4 is 46.8 Å². The summed E-state index contributed by atoms with van der Waals surface area (Å²) in [5.41, 5.74) is 3.08. The van der Waals surface area contributed by atoms with Crippen LogP contribution in [0.15, 0.2) is 42.5 Å². The zero-order valence-electron chi connectivity index (χ0n) is 17.6. The second kappa shape index (κ2) is 12.2. The monoisotopic (exact) mass is 466 g/mol. The number of aryl methyl sites for hydroxylation is 1. The summed E-state index contributed by atoms with van der Waals surface area (Å²) in [6, 6.07) is 12.8. The number of hydrogen-bond acceptors (Lipinski definition) is 3. The minimum atomic E-state index is -0.551. The van der Waals surface area contributed by atoms with Crippen molar-refractivity contribution in [3.63, 3.8) is 0 Å².